The Morgan fingerprint density at radius 3 is 3.00 bits per heavy atom. The standard InChI is InChI=1S/C11H16N2O/c12-9-4-1-3-8(7-9)11(14)10-5-2-6-13-10/h2,5-6,8-9,13H,1,3-4,7,12H2. The molecule has 1 aromatic rings. The molecule has 0 bridgehead atoms. The second-order valence-corrected chi connectivity index (χ2v) is 4.07. The third-order valence-corrected chi connectivity index (χ3v) is 2.95. The van der Waals surface area contributed by atoms with Gasteiger partial charge >= 0.3 is 0 Å². The summed E-state index contributed by atoms with van der Waals surface area (Å²) >= 11 is 0. The van der Waals surface area contributed by atoms with Crippen molar-refractivity contribution in [3.05, 3.63) is 24.0 Å². The van der Waals surface area contributed by atoms with Gasteiger partial charge in [-0.25, -0.2) is 0 Å². The van der Waals surface area contributed by atoms with Crippen LogP contribution in [0.3, 0.4) is 0 Å². The van der Waals surface area contributed by atoms with Crippen LogP contribution in [0.15, 0.2) is 18.3 Å². The van der Waals surface area contributed by atoms with Gasteiger partial charge in [0.1, 0.15) is 0 Å². The number of rotatable bonds is 2. The summed E-state index contributed by atoms with van der Waals surface area (Å²) in [6, 6.07) is 3.91. The lowest BCUT2D eigenvalue weighted by Gasteiger charge is -2.24. The fourth-order valence-electron chi connectivity index (χ4n) is 2.17. The fraction of sp³-hybridized carbons (Fsp3) is 0.545. The Hall–Kier alpha value is -1.09. The average Bonchev–Trinajstić information content (AvgIpc) is 2.69. The van der Waals surface area contributed by atoms with E-state index in [0.717, 1.165) is 31.4 Å². The summed E-state index contributed by atoms with van der Waals surface area (Å²) in [7, 11) is 0. The largest absolute Gasteiger partial charge is 0.359 e. The van der Waals surface area contributed by atoms with Gasteiger partial charge in [-0.1, -0.05) is 6.42 Å². The highest BCUT2D eigenvalue weighted by molar-refractivity contribution is 5.96. The Morgan fingerprint density at radius 2 is 2.36 bits per heavy atom. The molecule has 1 fully saturated rings. The lowest BCUT2D eigenvalue weighted by molar-refractivity contribution is 0.0877. The maximum atomic E-state index is 11.9. The van der Waals surface area contributed by atoms with E-state index in [1.54, 1.807) is 6.20 Å². The van der Waals surface area contributed by atoms with Crippen molar-refractivity contribution in [3.8, 4) is 0 Å². The van der Waals surface area contributed by atoms with E-state index in [0.29, 0.717) is 0 Å². The second-order valence-electron chi connectivity index (χ2n) is 4.07. The van der Waals surface area contributed by atoms with Crippen molar-refractivity contribution in [3.63, 3.8) is 0 Å². The molecule has 0 aromatic carbocycles. The van der Waals surface area contributed by atoms with Crippen molar-refractivity contribution in [1.29, 1.82) is 0 Å². The molecule has 1 aliphatic rings. The number of Topliss-reactive ketones (excluding diaryl/α,β-unsaturated/α-hetero) is 1. The van der Waals surface area contributed by atoms with Crippen molar-refractivity contribution >= 4 is 5.78 Å². The highest BCUT2D eigenvalue weighted by Gasteiger charge is 2.26. The highest BCUT2D eigenvalue weighted by Crippen LogP contribution is 2.25. The Kier molecular flexibility index (Phi) is 2.68. The Morgan fingerprint density at radius 1 is 1.50 bits per heavy atom. The minimum Gasteiger partial charge on any atom is -0.359 e. The molecular formula is C11H16N2O. The molecule has 0 aliphatic heterocycles. The van der Waals surface area contributed by atoms with Crippen molar-refractivity contribution < 1.29 is 4.79 Å². The van der Waals surface area contributed by atoms with Gasteiger partial charge < -0.3 is 10.7 Å². The summed E-state index contributed by atoms with van der Waals surface area (Å²) in [5, 5.41) is 0. The summed E-state index contributed by atoms with van der Waals surface area (Å²) in [5.41, 5.74) is 6.58. The first-order valence-corrected chi connectivity index (χ1v) is 5.20. The minimum absolute atomic E-state index is 0.136. The topological polar surface area (TPSA) is 58.9 Å². The van der Waals surface area contributed by atoms with Gasteiger partial charge in [-0.05, 0) is 31.4 Å². The predicted molar refractivity (Wildman–Crippen MR) is 55.1 cm³/mol. The normalized spacial score (nSPS) is 27.5. The van der Waals surface area contributed by atoms with Gasteiger partial charge in [0.2, 0.25) is 0 Å². The third kappa shape index (κ3) is 1.87. The minimum atomic E-state index is 0.136. The Bertz CT molecular complexity index is 305. The second kappa shape index (κ2) is 3.96. The first-order chi connectivity index (χ1) is 6.77. The molecule has 1 saturated carbocycles. The number of hydrogen-bond acceptors (Lipinski definition) is 2. The van der Waals surface area contributed by atoms with Gasteiger partial charge in [0.15, 0.2) is 5.78 Å². The van der Waals surface area contributed by atoms with Gasteiger partial charge in [0.05, 0.1) is 5.69 Å². The van der Waals surface area contributed by atoms with Crippen LogP contribution in [0.5, 0.6) is 0 Å². The Balaban J connectivity index is 2.04. The Labute approximate surface area is 83.7 Å². The molecule has 2 unspecified atom stereocenters. The smallest absolute Gasteiger partial charge is 0.182 e. The van der Waals surface area contributed by atoms with E-state index in [4.69, 9.17) is 5.73 Å². The summed E-state index contributed by atoms with van der Waals surface area (Å²) < 4.78 is 0. The molecule has 0 amide bonds. The van der Waals surface area contributed by atoms with Crippen LogP contribution in [0.4, 0.5) is 0 Å². The maximum absolute atomic E-state index is 11.9. The molecular weight excluding hydrogens is 176 g/mol. The molecule has 3 N–H and O–H groups in total. The van der Waals surface area contributed by atoms with E-state index in [1.165, 1.54) is 0 Å². The third-order valence-electron chi connectivity index (χ3n) is 2.95. The van der Waals surface area contributed by atoms with Crippen LogP contribution < -0.4 is 5.73 Å². The van der Waals surface area contributed by atoms with Crippen molar-refractivity contribution in [2.75, 3.05) is 0 Å². The van der Waals surface area contributed by atoms with Gasteiger partial charge in [-0.3, -0.25) is 4.79 Å². The van der Waals surface area contributed by atoms with Crippen LogP contribution in [-0.4, -0.2) is 16.8 Å². The zero-order valence-corrected chi connectivity index (χ0v) is 8.20. The van der Waals surface area contributed by atoms with Crippen LogP contribution in [0.25, 0.3) is 0 Å². The van der Waals surface area contributed by atoms with Gasteiger partial charge in [-0.2, -0.15) is 0 Å². The molecule has 1 aliphatic carbocycles. The molecule has 1 aromatic heterocycles. The summed E-state index contributed by atoms with van der Waals surface area (Å²) in [6.07, 6.45) is 5.77. The summed E-state index contributed by atoms with van der Waals surface area (Å²) in [4.78, 5) is 14.9. The first-order valence-electron chi connectivity index (χ1n) is 5.20. The van der Waals surface area contributed by atoms with E-state index in [1.807, 2.05) is 12.1 Å². The molecule has 1 heterocycles. The quantitative estimate of drug-likeness (QED) is 0.701. The number of aromatic nitrogens is 1. The monoisotopic (exact) mass is 192 g/mol. The number of nitrogens with two attached hydrogens (primary N) is 1. The van der Waals surface area contributed by atoms with Crippen molar-refractivity contribution in [2.45, 2.75) is 31.7 Å². The van der Waals surface area contributed by atoms with Gasteiger partial charge in [0.25, 0.3) is 0 Å². The van der Waals surface area contributed by atoms with Crippen LogP contribution >= 0.6 is 0 Å². The van der Waals surface area contributed by atoms with Crippen LogP contribution in [0.1, 0.15) is 36.2 Å². The van der Waals surface area contributed by atoms with Crippen molar-refractivity contribution in [1.82, 2.24) is 4.98 Å². The van der Waals surface area contributed by atoms with E-state index in [-0.39, 0.29) is 17.7 Å². The van der Waals surface area contributed by atoms with E-state index in [2.05, 4.69) is 4.98 Å². The molecule has 0 spiro atoms. The molecule has 2 atom stereocenters. The van der Waals surface area contributed by atoms with E-state index >= 15 is 0 Å². The summed E-state index contributed by atoms with van der Waals surface area (Å²) in [5.74, 6) is 0.363. The van der Waals surface area contributed by atoms with E-state index < -0.39 is 0 Å². The lowest BCUT2D eigenvalue weighted by Crippen LogP contribution is -2.31. The number of carbonyl (C=O) groups excluding carboxylic acids is 1. The van der Waals surface area contributed by atoms with Gasteiger partial charge in [0, 0.05) is 18.2 Å². The molecule has 3 heteroatoms. The van der Waals surface area contributed by atoms with Crippen LogP contribution in [-0.2, 0) is 0 Å². The average molecular weight is 192 g/mol. The molecule has 2 rings (SSSR count). The lowest BCUT2D eigenvalue weighted by atomic mass is 9.83. The van der Waals surface area contributed by atoms with Crippen LogP contribution in [0.2, 0.25) is 0 Å². The number of carbonyl (C=O) groups is 1. The van der Waals surface area contributed by atoms with Crippen LogP contribution in [0, 0.1) is 5.92 Å². The number of hydrogen-bond donors (Lipinski definition) is 2. The fourth-order valence-corrected chi connectivity index (χ4v) is 2.17. The van der Waals surface area contributed by atoms with Crippen molar-refractivity contribution in [2.24, 2.45) is 11.7 Å². The molecule has 3 nitrogen and oxygen atoms in total. The summed E-state index contributed by atoms with van der Waals surface area (Å²) in [6.45, 7) is 0. The number of ketones is 1. The number of aromatic amines is 1. The SMILES string of the molecule is NC1CCCC(C(=O)c2ccc[nH]2)C1. The molecule has 14 heavy (non-hydrogen) atoms. The van der Waals surface area contributed by atoms with E-state index in [9.17, 15) is 4.79 Å². The zero-order valence-electron chi connectivity index (χ0n) is 8.20. The zero-order chi connectivity index (χ0) is 9.97. The maximum Gasteiger partial charge on any atom is 0.182 e. The number of nitrogens with one attached hydrogen (secondary N) is 1. The molecule has 76 valence electrons. The number of H-pyrrole nitrogens is 1. The highest BCUT2D eigenvalue weighted by atomic mass is 16.1. The first kappa shape index (κ1) is 9.46. The predicted octanol–water partition coefficient (Wildman–Crippen LogP) is 1.71. The molecule has 0 radical (unpaired) electrons. The molecule has 0 saturated heterocycles. The van der Waals surface area contributed by atoms with Gasteiger partial charge in [-0.15, -0.1) is 0 Å².